The van der Waals surface area contributed by atoms with E-state index in [2.05, 4.69) is 53.6 Å². The molecule has 1 saturated heterocycles. The second-order valence-corrected chi connectivity index (χ2v) is 8.65. The highest BCUT2D eigenvalue weighted by atomic mass is 127. The van der Waals surface area contributed by atoms with E-state index in [-0.39, 0.29) is 30.0 Å². The molecule has 0 spiro atoms. The van der Waals surface area contributed by atoms with Crippen LogP contribution in [0.1, 0.15) is 50.6 Å². The van der Waals surface area contributed by atoms with Gasteiger partial charge in [0.2, 0.25) is 0 Å². The van der Waals surface area contributed by atoms with Gasteiger partial charge in [0.1, 0.15) is 5.75 Å². The van der Waals surface area contributed by atoms with Crippen LogP contribution in [-0.4, -0.2) is 89.4 Å². The molecule has 7 nitrogen and oxygen atoms in total. The lowest BCUT2D eigenvalue weighted by atomic mass is 10.0. The lowest BCUT2D eigenvalue weighted by Crippen LogP contribution is -2.42. The topological polar surface area (TPSA) is 61.4 Å². The van der Waals surface area contributed by atoms with Crippen LogP contribution in [0.4, 0.5) is 0 Å². The van der Waals surface area contributed by atoms with Gasteiger partial charge in [0.25, 0.3) is 0 Å². The molecular formula is C25H46IN5O2. The van der Waals surface area contributed by atoms with Crippen molar-refractivity contribution in [3.05, 3.63) is 29.8 Å². The maximum Gasteiger partial charge on any atom is 0.191 e. The van der Waals surface area contributed by atoms with E-state index in [0.29, 0.717) is 6.54 Å². The fraction of sp³-hybridized carbons (Fsp3) is 0.720. The Bertz CT molecular complexity index is 636. The Morgan fingerprint density at radius 3 is 2.36 bits per heavy atom. The Balaban J connectivity index is 0.00000544. The van der Waals surface area contributed by atoms with E-state index in [1.807, 2.05) is 12.1 Å². The number of nitrogens with zero attached hydrogens (tertiary/aromatic N) is 3. The predicted octanol–water partition coefficient (Wildman–Crippen LogP) is 3.75. The average molecular weight is 576 g/mol. The van der Waals surface area contributed by atoms with Gasteiger partial charge in [-0.3, -0.25) is 9.89 Å². The number of benzene rings is 1. The molecule has 1 unspecified atom stereocenters. The predicted molar refractivity (Wildman–Crippen MR) is 149 cm³/mol. The number of rotatable bonds is 14. The summed E-state index contributed by atoms with van der Waals surface area (Å²) in [5.74, 6) is 1.79. The highest BCUT2D eigenvalue weighted by Gasteiger charge is 2.22. The Labute approximate surface area is 218 Å². The summed E-state index contributed by atoms with van der Waals surface area (Å²) in [5.41, 5.74) is 1.27. The van der Waals surface area contributed by atoms with E-state index in [1.54, 1.807) is 7.11 Å². The van der Waals surface area contributed by atoms with E-state index in [4.69, 9.17) is 14.5 Å². The van der Waals surface area contributed by atoms with Crippen molar-refractivity contribution in [1.82, 2.24) is 20.4 Å². The van der Waals surface area contributed by atoms with Crippen LogP contribution in [0.25, 0.3) is 0 Å². The number of ether oxygens (including phenoxy) is 2. The molecule has 1 aliphatic heterocycles. The molecule has 1 atom stereocenters. The number of methoxy groups -OCH3 is 1. The summed E-state index contributed by atoms with van der Waals surface area (Å²) in [5, 5.41) is 6.93. The first kappa shape index (κ1) is 29.9. The normalized spacial score (nSPS) is 15.7. The number of morpholine rings is 1. The molecule has 0 amide bonds. The summed E-state index contributed by atoms with van der Waals surface area (Å²) in [7, 11) is 5.99. The highest BCUT2D eigenvalue weighted by molar-refractivity contribution is 14.0. The van der Waals surface area contributed by atoms with Crippen molar-refractivity contribution in [2.75, 3.05) is 73.7 Å². The molecule has 2 N–H and O–H groups in total. The maximum atomic E-state index is 5.57. The Hall–Kier alpha value is -1.10. The lowest BCUT2D eigenvalue weighted by molar-refractivity contribution is 0.0179. The summed E-state index contributed by atoms with van der Waals surface area (Å²) in [4.78, 5) is 9.69. The minimum absolute atomic E-state index is 0. The highest BCUT2D eigenvalue weighted by Crippen LogP contribution is 2.24. The number of hydrogen-bond acceptors (Lipinski definition) is 5. The quantitative estimate of drug-likeness (QED) is 0.153. The average Bonchev–Trinajstić information content (AvgIpc) is 2.81. The molecule has 0 radical (unpaired) electrons. The van der Waals surface area contributed by atoms with Gasteiger partial charge in [0.05, 0.1) is 32.9 Å². The van der Waals surface area contributed by atoms with Gasteiger partial charge in [-0.05, 0) is 58.1 Å². The SMILES string of the molecule is CCNC(=NCC(c1ccc(OC)cc1)N1CCOCC1)NCCCCCCCN(C)C.I. The molecule has 1 fully saturated rings. The standard InChI is InChI=1S/C25H45N5O2.HI/c1-5-26-25(27-15-9-7-6-8-10-16-29(2)3)28-21-24(30-17-19-32-20-18-30)22-11-13-23(31-4)14-12-22;/h11-14,24H,5-10,15-21H2,1-4H3,(H2,26,27,28);1H. The lowest BCUT2D eigenvalue weighted by Gasteiger charge is -2.34. The van der Waals surface area contributed by atoms with Gasteiger partial charge in [-0.2, -0.15) is 0 Å². The van der Waals surface area contributed by atoms with E-state index < -0.39 is 0 Å². The molecular weight excluding hydrogens is 529 g/mol. The summed E-state index contributed by atoms with van der Waals surface area (Å²) in [6.45, 7) is 9.27. The molecule has 1 aliphatic rings. The molecule has 0 aliphatic carbocycles. The van der Waals surface area contributed by atoms with Crippen LogP contribution in [0.5, 0.6) is 5.75 Å². The first-order chi connectivity index (χ1) is 15.6. The second-order valence-electron chi connectivity index (χ2n) is 8.65. The first-order valence-electron chi connectivity index (χ1n) is 12.3. The van der Waals surface area contributed by atoms with Crippen molar-refractivity contribution in [3.8, 4) is 5.75 Å². The minimum Gasteiger partial charge on any atom is -0.497 e. The third-order valence-electron chi connectivity index (χ3n) is 5.83. The monoisotopic (exact) mass is 575 g/mol. The second kappa shape index (κ2) is 18.3. The van der Waals surface area contributed by atoms with Crippen LogP contribution in [0, 0.1) is 0 Å². The molecule has 1 aromatic carbocycles. The van der Waals surface area contributed by atoms with Gasteiger partial charge in [-0.25, -0.2) is 0 Å². The minimum atomic E-state index is 0. The van der Waals surface area contributed by atoms with Gasteiger partial charge in [-0.15, -0.1) is 24.0 Å². The van der Waals surface area contributed by atoms with E-state index in [0.717, 1.165) is 51.1 Å². The molecule has 0 bridgehead atoms. The Morgan fingerprint density at radius 2 is 1.73 bits per heavy atom. The van der Waals surface area contributed by atoms with Crippen LogP contribution in [0.15, 0.2) is 29.3 Å². The van der Waals surface area contributed by atoms with Crippen LogP contribution in [0.3, 0.4) is 0 Å². The molecule has 33 heavy (non-hydrogen) atoms. The molecule has 2 rings (SSSR count). The van der Waals surface area contributed by atoms with Crippen LogP contribution in [0.2, 0.25) is 0 Å². The third-order valence-corrected chi connectivity index (χ3v) is 5.83. The number of guanidine groups is 1. The van der Waals surface area contributed by atoms with E-state index in [1.165, 1.54) is 44.2 Å². The zero-order valence-electron chi connectivity index (χ0n) is 21.1. The Morgan fingerprint density at radius 1 is 1.06 bits per heavy atom. The molecule has 1 aromatic rings. The smallest absolute Gasteiger partial charge is 0.191 e. The molecule has 0 saturated carbocycles. The van der Waals surface area contributed by atoms with Crippen molar-refractivity contribution in [1.29, 1.82) is 0 Å². The van der Waals surface area contributed by atoms with Crippen LogP contribution >= 0.6 is 24.0 Å². The third kappa shape index (κ3) is 12.2. The van der Waals surface area contributed by atoms with Crippen molar-refractivity contribution in [2.24, 2.45) is 4.99 Å². The molecule has 0 aromatic heterocycles. The van der Waals surface area contributed by atoms with Crippen molar-refractivity contribution in [3.63, 3.8) is 0 Å². The fourth-order valence-electron chi connectivity index (χ4n) is 3.96. The number of unbranched alkanes of at least 4 members (excludes halogenated alkanes) is 4. The molecule has 1 heterocycles. The van der Waals surface area contributed by atoms with Gasteiger partial charge in [-0.1, -0.05) is 31.4 Å². The number of hydrogen-bond donors (Lipinski definition) is 2. The van der Waals surface area contributed by atoms with Gasteiger partial charge in [0, 0.05) is 26.2 Å². The van der Waals surface area contributed by atoms with E-state index in [9.17, 15) is 0 Å². The zero-order valence-corrected chi connectivity index (χ0v) is 23.5. The summed E-state index contributed by atoms with van der Waals surface area (Å²) < 4.78 is 10.9. The van der Waals surface area contributed by atoms with Gasteiger partial charge in [0.15, 0.2) is 5.96 Å². The van der Waals surface area contributed by atoms with Crippen LogP contribution in [-0.2, 0) is 4.74 Å². The summed E-state index contributed by atoms with van der Waals surface area (Å²) in [6, 6.07) is 8.62. The summed E-state index contributed by atoms with van der Waals surface area (Å²) >= 11 is 0. The maximum absolute atomic E-state index is 5.57. The van der Waals surface area contributed by atoms with E-state index >= 15 is 0 Å². The number of halogens is 1. The van der Waals surface area contributed by atoms with Crippen molar-refractivity contribution >= 4 is 29.9 Å². The van der Waals surface area contributed by atoms with Gasteiger partial charge < -0.3 is 25.0 Å². The molecule has 190 valence electrons. The Kier molecular flexibility index (Phi) is 16.6. The first-order valence-corrected chi connectivity index (χ1v) is 12.3. The molecule has 8 heteroatoms. The van der Waals surface area contributed by atoms with Crippen molar-refractivity contribution in [2.45, 2.75) is 45.1 Å². The summed E-state index contributed by atoms with van der Waals surface area (Å²) in [6.07, 6.45) is 6.36. The number of nitrogens with one attached hydrogen (secondary N) is 2. The fourth-order valence-corrected chi connectivity index (χ4v) is 3.96. The zero-order chi connectivity index (χ0) is 23.0. The number of aliphatic imine (C=N–C) groups is 1. The van der Waals surface area contributed by atoms with Crippen LogP contribution < -0.4 is 15.4 Å². The largest absolute Gasteiger partial charge is 0.497 e. The van der Waals surface area contributed by atoms with Gasteiger partial charge >= 0.3 is 0 Å². The van der Waals surface area contributed by atoms with Crippen molar-refractivity contribution < 1.29 is 9.47 Å².